The van der Waals surface area contributed by atoms with Crippen molar-refractivity contribution in [1.82, 2.24) is 0 Å². The number of hydrogen-bond donors (Lipinski definition) is 2. The molecule has 0 saturated heterocycles. The predicted octanol–water partition coefficient (Wildman–Crippen LogP) is 1.64. The number of amides is 2. The summed E-state index contributed by atoms with van der Waals surface area (Å²) in [5, 5.41) is 2.55. The van der Waals surface area contributed by atoms with E-state index in [-0.39, 0.29) is 17.7 Å². The van der Waals surface area contributed by atoms with E-state index in [1.165, 1.54) is 6.07 Å². The van der Waals surface area contributed by atoms with Gasteiger partial charge < -0.3 is 15.8 Å². The summed E-state index contributed by atoms with van der Waals surface area (Å²) in [6.07, 6.45) is -1.11. The van der Waals surface area contributed by atoms with Gasteiger partial charge in [0.25, 0.3) is 18.3 Å². The third kappa shape index (κ3) is 3.49. The second-order valence-corrected chi connectivity index (χ2v) is 4.42. The van der Waals surface area contributed by atoms with Crippen LogP contribution >= 0.6 is 0 Å². The number of para-hydroxylation sites is 1. The Labute approximate surface area is 126 Å². The van der Waals surface area contributed by atoms with Gasteiger partial charge in [-0.3, -0.25) is 14.4 Å². The molecule has 6 heteroatoms. The highest BCUT2D eigenvalue weighted by Gasteiger charge is 2.23. The van der Waals surface area contributed by atoms with Gasteiger partial charge in [0.2, 0.25) is 6.10 Å². The smallest absolute Gasteiger partial charge is 0.294 e. The van der Waals surface area contributed by atoms with Gasteiger partial charge in [-0.25, -0.2) is 0 Å². The topological polar surface area (TPSA) is 98.5 Å². The maximum Gasteiger partial charge on any atom is 0.294 e. The van der Waals surface area contributed by atoms with Crippen molar-refractivity contribution in [2.45, 2.75) is 6.10 Å². The number of nitrogens with one attached hydrogen (secondary N) is 1. The number of carbonyl (C=O) groups excluding carboxylic acids is 3. The number of rotatable bonds is 6. The molecular formula is C16H14N2O4. The first-order valence-electron chi connectivity index (χ1n) is 6.47. The van der Waals surface area contributed by atoms with Gasteiger partial charge in [-0.1, -0.05) is 42.5 Å². The van der Waals surface area contributed by atoms with E-state index in [0.29, 0.717) is 5.56 Å². The molecule has 6 nitrogen and oxygen atoms in total. The molecule has 0 aliphatic heterocycles. The Morgan fingerprint density at radius 2 is 1.68 bits per heavy atom. The molecule has 2 amide bonds. The molecule has 0 aliphatic carbocycles. The summed E-state index contributed by atoms with van der Waals surface area (Å²) in [4.78, 5) is 34.3. The minimum atomic E-state index is -1.11. The molecule has 0 aromatic heterocycles. The van der Waals surface area contributed by atoms with Gasteiger partial charge in [-0.15, -0.1) is 0 Å². The molecule has 0 fully saturated rings. The number of nitrogens with two attached hydrogens (primary N) is 1. The first kappa shape index (κ1) is 15.2. The minimum Gasteiger partial charge on any atom is -0.449 e. The van der Waals surface area contributed by atoms with Gasteiger partial charge in [0.05, 0.1) is 11.3 Å². The Hall–Kier alpha value is -3.15. The van der Waals surface area contributed by atoms with E-state index in [4.69, 9.17) is 10.5 Å². The van der Waals surface area contributed by atoms with Crippen LogP contribution in [-0.4, -0.2) is 18.3 Å². The van der Waals surface area contributed by atoms with E-state index >= 15 is 0 Å². The zero-order valence-electron chi connectivity index (χ0n) is 11.6. The summed E-state index contributed by atoms with van der Waals surface area (Å²) in [5.74, 6) is -1.24. The molecule has 2 aromatic carbocycles. The molecule has 0 spiro atoms. The lowest BCUT2D eigenvalue weighted by Crippen LogP contribution is -2.25. The van der Waals surface area contributed by atoms with Gasteiger partial charge in [0.15, 0.2) is 0 Å². The van der Waals surface area contributed by atoms with Crippen molar-refractivity contribution >= 4 is 24.0 Å². The lowest BCUT2D eigenvalue weighted by Gasteiger charge is -2.16. The van der Waals surface area contributed by atoms with Crippen LogP contribution in [0.3, 0.4) is 0 Å². The fraction of sp³-hybridized carbons (Fsp3) is 0.0625. The maximum atomic E-state index is 12.3. The van der Waals surface area contributed by atoms with Crippen LogP contribution in [0.2, 0.25) is 0 Å². The number of primary amides is 1. The fourth-order valence-corrected chi connectivity index (χ4v) is 1.98. The summed E-state index contributed by atoms with van der Waals surface area (Å²) in [6, 6.07) is 14.9. The third-order valence-electron chi connectivity index (χ3n) is 2.98. The fourth-order valence-electron chi connectivity index (χ4n) is 1.98. The van der Waals surface area contributed by atoms with Crippen LogP contribution in [0.25, 0.3) is 0 Å². The molecule has 0 aliphatic rings. The Kier molecular flexibility index (Phi) is 4.87. The van der Waals surface area contributed by atoms with Gasteiger partial charge >= 0.3 is 0 Å². The highest BCUT2D eigenvalue weighted by Crippen LogP contribution is 2.21. The van der Waals surface area contributed by atoms with Gasteiger partial charge in [-0.2, -0.15) is 0 Å². The molecule has 1 atom stereocenters. The monoisotopic (exact) mass is 298 g/mol. The van der Waals surface area contributed by atoms with Crippen molar-refractivity contribution in [3.05, 3.63) is 65.7 Å². The molecule has 0 saturated carbocycles. The summed E-state index contributed by atoms with van der Waals surface area (Å²) in [5.41, 5.74) is 6.21. The SMILES string of the molecule is NC(=O)c1ccccc1NC(=O)C(OC=O)c1ccccc1. The van der Waals surface area contributed by atoms with Crippen LogP contribution < -0.4 is 11.1 Å². The number of ether oxygens (including phenoxy) is 1. The number of carbonyl (C=O) groups is 3. The van der Waals surface area contributed by atoms with Gasteiger partial charge in [-0.05, 0) is 12.1 Å². The van der Waals surface area contributed by atoms with E-state index in [1.807, 2.05) is 0 Å². The minimum absolute atomic E-state index is 0.175. The molecule has 2 rings (SSSR count). The van der Waals surface area contributed by atoms with Crippen molar-refractivity contribution < 1.29 is 19.1 Å². The predicted molar refractivity (Wildman–Crippen MR) is 79.9 cm³/mol. The highest BCUT2D eigenvalue weighted by atomic mass is 16.5. The Morgan fingerprint density at radius 1 is 1.05 bits per heavy atom. The van der Waals surface area contributed by atoms with E-state index in [0.717, 1.165) is 0 Å². The van der Waals surface area contributed by atoms with Crippen LogP contribution in [-0.2, 0) is 14.3 Å². The second kappa shape index (κ2) is 7.03. The van der Waals surface area contributed by atoms with E-state index in [9.17, 15) is 14.4 Å². The third-order valence-corrected chi connectivity index (χ3v) is 2.98. The van der Waals surface area contributed by atoms with Crippen molar-refractivity contribution in [3.8, 4) is 0 Å². The average molecular weight is 298 g/mol. The lowest BCUT2D eigenvalue weighted by atomic mass is 10.1. The van der Waals surface area contributed by atoms with Crippen molar-refractivity contribution in [3.63, 3.8) is 0 Å². The van der Waals surface area contributed by atoms with Crippen molar-refractivity contribution in [2.75, 3.05) is 5.32 Å². The zero-order chi connectivity index (χ0) is 15.9. The Balaban J connectivity index is 2.26. The van der Waals surface area contributed by atoms with Gasteiger partial charge in [0.1, 0.15) is 0 Å². The molecule has 22 heavy (non-hydrogen) atoms. The molecule has 3 N–H and O–H groups in total. The van der Waals surface area contributed by atoms with Crippen molar-refractivity contribution in [1.29, 1.82) is 0 Å². The first-order valence-corrected chi connectivity index (χ1v) is 6.47. The zero-order valence-corrected chi connectivity index (χ0v) is 11.6. The second-order valence-electron chi connectivity index (χ2n) is 4.42. The van der Waals surface area contributed by atoms with Crippen LogP contribution in [0.1, 0.15) is 22.0 Å². The first-order chi connectivity index (χ1) is 10.6. The molecular weight excluding hydrogens is 284 g/mol. The van der Waals surface area contributed by atoms with Crippen LogP contribution in [0.5, 0.6) is 0 Å². The molecule has 0 radical (unpaired) electrons. The summed E-state index contributed by atoms with van der Waals surface area (Å²) < 4.78 is 4.85. The van der Waals surface area contributed by atoms with Crippen LogP contribution in [0, 0.1) is 0 Å². The summed E-state index contributed by atoms with van der Waals surface area (Å²) in [7, 11) is 0. The summed E-state index contributed by atoms with van der Waals surface area (Å²) >= 11 is 0. The molecule has 0 bridgehead atoms. The normalized spacial score (nSPS) is 11.3. The lowest BCUT2D eigenvalue weighted by molar-refractivity contribution is -0.142. The van der Waals surface area contributed by atoms with E-state index < -0.39 is 17.9 Å². The largest absolute Gasteiger partial charge is 0.449 e. The number of hydrogen-bond acceptors (Lipinski definition) is 4. The number of anilines is 1. The van der Waals surface area contributed by atoms with Gasteiger partial charge in [0, 0.05) is 5.56 Å². The quantitative estimate of drug-likeness (QED) is 0.792. The molecule has 2 aromatic rings. The molecule has 0 heterocycles. The van der Waals surface area contributed by atoms with Crippen LogP contribution in [0.4, 0.5) is 5.69 Å². The molecule has 112 valence electrons. The standard InChI is InChI=1S/C16H14N2O4/c17-15(20)12-8-4-5-9-13(12)18-16(21)14(22-10-19)11-6-2-1-3-7-11/h1-10,14H,(H2,17,20)(H,18,21). The highest BCUT2D eigenvalue weighted by molar-refractivity contribution is 6.04. The Morgan fingerprint density at radius 3 is 2.32 bits per heavy atom. The van der Waals surface area contributed by atoms with E-state index in [1.54, 1.807) is 48.5 Å². The average Bonchev–Trinajstić information content (AvgIpc) is 2.53. The summed E-state index contributed by atoms with van der Waals surface area (Å²) in [6.45, 7) is 0.206. The molecule has 1 unspecified atom stereocenters. The van der Waals surface area contributed by atoms with E-state index in [2.05, 4.69) is 5.32 Å². The Bertz CT molecular complexity index is 686. The van der Waals surface area contributed by atoms with Crippen LogP contribution in [0.15, 0.2) is 54.6 Å². The maximum absolute atomic E-state index is 12.3. The van der Waals surface area contributed by atoms with Crippen molar-refractivity contribution in [2.24, 2.45) is 5.73 Å². The number of benzene rings is 2.